The minimum Gasteiger partial charge on any atom is -0.480 e. The molecule has 0 unspecified atom stereocenters. The third kappa shape index (κ3) is 6.41. The smallest absolute Gasteiger partial charge is 0.326 e. The molecule has 136 valence electrons. The molecule has 3 N–H and O–H groups in total. The number of hydrogen-bond donors (Lipinski definition) is 3. The van der Waals surface area contributed by atoms with Gasteiger partial charge < -0.3 is 15.7 Å². The zero-order chi connectivity index (χ0) is 19.0. The summed E-state index contributed by atoms with van der Waals surface area (Å²) < 4.78 is 0. The number of carboxylic acids is 1. The summed E-state index contributed by atoms with van der Waals surface area (Å²) in [5.74, 6) is -1.57. The largest absolute Gasteiger partial charge is 0.480 e. The van der Waals surface area contributed by atoms with Gasteiger partial charge in [-0.05, 0) is 25.3 Å². The highest BCUT2D eigenvalue weighted by Gasteiger charge is 2.20. The molecule has 0 bridgehead atoms. The van der Waals surface area contributed by atoms with Crippen molar-refractivity contribution in [2.24, 2.45) is 0 Å². The number of nitro benzene ring substituents is 2. The van der Waals surface area contributed by atoms with Crippen molar-refractivity contribution in [1.29, 1.82) is 0 Å². The molecule has 0 aromatic heterocycles. The first-order valence-corrected chi connectivity index (χ1v) is 7.39. The highest BCUT2D eigenvalue weighted by atomic mass is 16.6. The number of nitro groups is 2. The number of unbranched alkanes of at least 4 members (excludes halogenated alkanes) is 1. The van der Waals surface area contributed by atoms with E-state index < -0.39 is 33.5 Å². The molecule has 0 saturated carbocycles. The summed E-state index contributed by atoms with van der Waals surface area (Å²) in [5.41, 5.74) is -0.639. The van der Waals surface area contributed by atoms with Gasteiger partial charge in [0.1, 0.15) is 11.7 Å². The molecular weight excluding hydrogens is 336 g/mol. The van der Waals surface area contributed by atoms with Gasteiger partial charge in [-0.25, -0.2) is 4.79 Å². The number of carboxylic acid groups (broad SMARTS) is 1. The van der Waals surface area contributed by atoms with Crippen molar-refractivity contribution in [3.63, 3.8) is 0 Å². The lowest BCUT2D eigenvalue weighted by Gasteiger charge is -2.13. The van der Waals surface area contributed by atoms with Crippen LogP contribution in [0.4, 0.5) is 17.1 Å². The summed E-state index contributed by atoms with van der Waals surface area (Å²) in [5, 5.41) is 35.7. The second kappa shape index (κ2) is 9.15. The highest BCUT2D eigenvalue weighted by Crippen LogP contribution is 2.28. The third-order valence-corrected chi connectivity index (χ3v) is 3.30. The van der Waals surface area contributed by atoms with Crippen LogP contribution in [0.25, 0.3) is 0 Å². The second-order valence-corrected chi connectivity index (χ2v) is 5.23. The molecule has 1 amide bonds. The molecule has 0 aliphatic carbocycles. The molecule has 0 spiro atoms. The number of amides is 1. The molecule has 1 atom stereocenters. The fraction of sp³-hybridized carbons (Fsp3) is 0.429. The molecule has 11 nitrogen and oxygen atoms in total. The number of carbonyl (C=O) groups excluding carboxylic acids is 1. The van der Waals surface area contributed by atoms with E-state index in [0.29, 0.717) is 19.4 Å². The van der Waals surface area contributed by atoms with Crippen LogP contribution in [0.1, 0.15) is 26.2 Å². The predicted octanol–water partition coefficient (Wildman–Crippen LogP) is 1.67. The van der Waals surface area contributed by atoms with Crippen molar-refractivity contribution in [2.75, 3.05) is 11.9 Å². The number of nitrogens with zero attached hydrogens (tertiary/aromatic N) is 2. The summed E-state index contributed by atoms with van der Waals surface area (Å²) in [6.07, 6.45) is 1.18. The quantitative estimate of drug-likeness (QED) is 0.324. The lowest BCUT2D eigenvalue weighted by atomic mass is 10.1. The number of non-ortho nitro benzene ring substituents is 1. The second-order valence-electron chi connectivity index (χ2n) is 5.23. The van der Waals surface area contributed by atoms with Crippen molar-refractivity contribution in [3.8, 4) is 0 Å². The molecule has 0 aliphatic heterocycles. The SMILES string of the molecule is CC(=O)N[C@@H](CCCCNc1ccc([N+](=O)[O-])cc1[N+](=O)[O-])C(=O)O. The summed E-state index contributed by atoms with van der Waals surface area (Å²) in [6, 6.07) is 2.31. The first-order valence-electron chi connectivity index (χ1n) is 7.39. The maximum Gasteiger partial charge on any atom is 0.326 e. The van der Waals surface area contributed by atoms with Crippen LogP contribution in [-0.2, 0) is 9.59 Å². The zero-order valence-electron chi connectivity index (χ0n) is 13.4. The molecule has 0 heterocycles. The summed E-state index contributed by atoms with van der Waals surface area (Å²) in [7, 11) is 0. The number of nitrogens with one attached hydrogen (secondary N) is 2. The Hall–Kier alpha value is -3.24. The van der Waals surface area contributed by atoms with Gasteiger partial charge in [0.05, 0.1) is 15.9 Å². The minimum absolute atomic E-state index is 0.146. The molecule has 1 aromatic rings. The van der Waals surface area contributed by atoms with Gasteiger partial charge in [0.2, 0.25) is 5.91 Å². The van der Waals surface area contributed by atoms with E-state index in [0.717, 1.165) is 12.1 Å². The molecular formula is C14H18N4O7. The van der Waals surface area contributed by atoms with Crippen molar-refractivity contribution in [3.05, 3.63) is 38.4 Å². The van der Waals surface area contributed by atoms with E-state index in [2.05, 4.69) is 10.6 Å². The van der Waals surface area contributed by atoms with Gasteiger partial charge in [-0.1, -0.05) is 0 Å². The van der Waals surface area contributed by atoms with Crippen LogP contribution in [0, 0.1) is 20.2 Å². The maximum atomic E-state index is 11.0. The normalized spacial score (nSPS) is 11.4. The monoisotopic (exact) mass is 354 g/mol. The van der Waals surface area contributed by atoms with E-state index in [-0.39, 0.29) is 17.8 Å². The van der Waals surface area contributed by atoms with Crippen LogP contribution >= 0.6 is 0 Å². The van der Waals surface area contributed by atoms with Crippen molar-refractivity contribution < 1.29 is 24.5 Å². The van der Waals surface area contributed by atoms with Crippen molar-refractivity contribution in [1.82, 2.24) is 5.32 Å². The van der Waals surface area contributed by atoms with E-state index in [1.807, 2.05) is 0 Å². The molecule has 11 heteroatoms. The van der Waals surface area contributed by atoms with Gasteiger partial charge in [0.15, 0.2) is 0 Å². The zero-order valence-corrected chi connectivity index (χ0v) is 13.4. The molecule has 1 rings (SSSR count). The third-order valence-electron chi connectivity index (χ3n) is 3.30. The number of aliphatic carboxylic acids is 1. The van der Waals surface area contributed by atoms with Gasteiger partial charge in [0.25, 0.3) is 11.4 Å². The van der Waals surface area contributed by atoms with E-state index >= 15 is 0 Å². The Morgan fingerprint density at radius 1 is 1.20 bits per heavy atom. The van der Waals surface area contributed by atoms with Crippen LogP contribution in [0.3, 0.4) is 0 Å². The van der Waals surface area contributed by atoms with Gasteiger partial charge in [-0.3, -0.25) is 25.0 Å². The molecule has 0 radical (unpaired) electrons. The van der Waals surface area contributed by atoms with Crippen LogP contribution in [0.2, 0.25) is 0 Å². The number of benzene rings is 1. The molecule has 1 aromatic carbocycles. The molecule has 0 saturated heterocycles. The average molecular weight is 354 g/mol. The molecule has 0 aliphatic rings. The number of hydrogen-bond acceptors (Lipinski definition) is 7. The van der Waals surface area contributed by atoms with Crippen LogP contribution in [0.5, 0.6) is 0 Å². The van der Waals surface area contributed by atoms with Crippen molar-refractivity contribution in [2.45, 2.75) is 32.2 Å². The highest BCUT2D eigenvalue weighted by molar-refractivity contribution is 5.81. The van der Waals surface area contributed by atoms with Crippen LogP contribution < -0.4 is 10.6 Å². The Morgan fingerprint density at radius 2 is 1.88 bits per heavy atom. The van der Waals surface area contributed by atoms with Crippen molar-refractivity contribution >= 4 is 28.9 Å². The first-order chi connectivity index (χ1) is 11.7. The Kier molecular flexibility index (Phi) is 7.25. The topological polar surface area (TPSA) is 165 Å². The molecule has 25 heavy (non-hydrogen) atoms. The standard InChI is InChI=1S/C14H18N4O7/c1-9(19)16-12(14(20)21)4-2-3-7-15-11-6-5-10(17(22)23)8-13(11)18(24)25/h5-6,8,12,15H,2-4,7H2,1H3,(H,16,19)(H,20,21)/t12-/m0/s1. The fourth-order valence-electron chi connectivity index (χ4n) is 2.13. The maximum absolute atomic E-state index is 11.0. The summed E-state index contributed by atoms with van der Waals surface area (Å²) in [6.45, 7) is 1.54. The van der Waals surface area contributed by atoms with Gasteiger partial charge in [-0.15, -0.1) is 0 Å². The average Bonchev–Trinajstić information content (AvgIpc) is 2.52. The van der Waals surface area contributed by atoms with Gasteiger partial charge in [-0.2, -0.15) is 0 Å². The first kappa shape index (κ1) is 19.8. The van der Waals surface area contributed by atoms with E-state index in [1.54, 1.807) is 0 Å². The summed E-state index contributed by atoms with van der Waals surface area (Å²) in [4.78, 5) is 42.1. The van der Waals surface area contributed by atoms with Gasteiger partial charge >= 0.3 is 5.97 Å². The Labute approximate surface area is 142 Å². The predicted molar refractivity (Wildman–Crippen MR) is 87.3 cm³/mol. The minimum atomic E-state index is -1.13. The van der Waals surface area contributed by atoms with Crippen LogP contribution in [-0.4, -0.2) is 39.4 Å². The Morgan fingerprint density at radius 3 is 2.40 bits per heavy atom. The van der Waals surface area contributed by atoms with Gasteiger partial charge in [0, 0.05) is 19.5 Å². The number of anilines is 1. The Bertz CT molecular complexity index is 677. The van der Waals surface area contributed by atoms with E-state index in [1.165, 1.54) is 13.0 Å². The number of rotatable bonds is 10. The lowest BCUT2D eigenvalue weighted by Crippen LogP contribution is -2.39. The van der Waals surface area contributed by atoms with E-state index in [4.69, 9.17) is 5.11 Å². The van der Waals surface area contributed by atoms with Crippen LogP contribution in [0.15, 0.2) is 18.2 Å². The fourth-order valence-corrected chi connectivity index (χ4v) is 2.13. The summed E-state index contributed by atoms with van der Waals surface area (Å²) >= 11 is 0. The molecule has 0 fully saturated rings. The van der Waals surface area contributed by atoms with E-state index in [9.17, 15) is 29.8 Å². The number of carbonyl (C=O) groups is 2. The Balaban J connectivity index is 2.56. The lowest BCUT2D eigenvalue weighted by molar-refractivity contribution is -0.393.